The van der Waals surface area contributed by atoms with Gasteiger partial charge in [-0.3, -0.25) is 19.5 Å². The van der Waals surface area contributed by atoms with Crippen LogP contribution in [0.2, 0.25) is 0 Å². The average molecular weight is 334 g/mol. The number of ether oxygens (including phenoxy) is 1. The minimum atomic E-state index is -0.715. The molecule has 0 aliphatic heterocycles. The van der Waals surface area contributed by atoms with Gasteiger partial charge in [-0.15, -0.1) is 0 Å². The summed E-state index contributed by atoms with van der Waals surface area (Å²) in [7, 11) is 0. The van der Waals surface area contributed by atoms with Gasteiger partial charge in [-0.1, -0.05) is 19.7 Å². The number of aryl methyl sites for hydroxylation is 1. The van der Waals surface area contributed by atoms with Gasteiger partial charge in [0.15, 0.2) is 11.5 Å². The van der Waals surface area contributed by atoms with Crippen molar-refractivity contribution in [2.75, 3.05) is 6.54 Å². The Bertz CT molecular complexity index is 663. The number of hydrogen-bond donors (Lipinski definition) is 2. The molecule has 0 unspecified atom stereocenters. The molecular weight excluding hydrogens is 312 g/mol. The second kappa shape index (κ2) is 8.68. The number of rotatable bonds is 9. The molecule has 0 saturated heterocycles. The number of hydrogen-bond acceptors (Lipinski definition) is 5. The number of nitrogens with zero attached hydrogens (tertiary/aromatic N) is 3. The van der Waals surface area contributed by atoms with Crippen LogP contribution in [-0.2, 0) is 22.6 Å². The molecule has 0 saturated carbocycles. The molecule has 2 amide bonds. The number of amides is 2. The van der Waals surface area contributed by atoms with Crippen molar-refractivity contribution in [2.24, 2.45) is 0 Å². The van der Waals surface area contributed by atoms with Crippen LogP contribution in [0.25, 0.3) is 0 Å². The summed E-state index contributed by atoms with van der Waals surface area (Å²) < 4.78 is 6.76. The first-order chi connectivity index (χ1) is 11.4. The lowest BCUT2D eigenvalue weighted by Crippen LogP contribution is -2.32. The Balaban J connectivity index is 2.95. The zero-order valence-corrected chi connectivity index (χ0v) is 13.9. The van der Waals surface area contributed by atoms with Crippen molar-refractivity contribution in [3.05, 3.63) is 54.8 Å². The predicted molar refractivity (Wildman–Crippen MR) is 87.8 cm³/mol. The van der Waals surface area contributed by atoms with Crippen LogP contribution in [-0.4, -0.2) is 38.2 Å². The summed E-state index contributed by atoms with van der Waals surface area (Å²) in [5.41, 5.74) is 2.24. The topological polar surface area (TPSA) is 96.7 Å². The molecule has 0 bridgehead atoms. The van der Waals surface area contributed by atoms with Gasteiger partial charge in [-0.05, 0) is 26.0 Å². The van der Waals surface area contributed by atoms with Crippen LogP contribution in [0.1, 0.15) is 30.0 Å². The molecule has 0 aliphatic carbocycles. The minimum absolute atomic E-state index is 0.0629. The van der Waals surface area contributed by atoms with Crippen molar-refractivity contribution >= 4 is 11.8 Å². The summed E-state index contributed by atoms with van der Waals surface area (Å²) >= 11 is 0. The Kier molecular flexibility index (Phi) is 6.94. The standard InChI is InChI=1S/C16H22N4O4/c1-6-11(4)24-12(5)16(22)19(7-2)10-13-9-14(15(21)18-23)17-20(13)8-3/h6,9,23H,1,4-5,7-8,10H2,2-3H3,(H,18,21). The molecule has 1 aromatic rings. The van der Waals surface area contributed by atoms with Gasteiger partial charge >= 0.3 is 0 Å². The Hall–Kier alpha value is -2.87. The summed E-state index contributed by atoms with van der Waals surface area (Å²) in [4.78, 5) is 25.4. The van der Waals surface area contributed by atoms with Gasteiger partial charge in [-0.25, -0.2) is 5.48 Å². The quantitative estimate of drug-likeness (QED) is 0.235. The maximum absolute atomic E-state index is 12.4. The second-order valence-corrected chi connectivity index (χ2v) is 4.79. The Morgan fingerprint density at radius 2 is 2.12 bits per heavy atom. The van der Waals surface area contributed by atoms with E-state index in [0.717, 1.165) is 0 Å². The van der Waals surface area contributed by atoms with Gasteiger partial charge in [0.1, 0.15) is 5.76 Å². The van der Waals surface area contributed by atoms with E-state index in [9.17, 15) is 9.59 Å². The highest BCUT2D eigenvalue weighted by Crippen LogP contribution is 2.13. The number of aromatic nitrogens is 2. The van der Waals surface area contributed by atoms with Gasteiger partial charge in [0.25, 0.3) is 11.8 Å². The van der Waals surface area contributed by atoms with E-state index >= 15 is 0 Å². The number of carbonyl (C=O) groups is 2. The van der Waals surface area contributed by atoms with Crippen LogP contribution in [0.15, 0.2) is 43.4 Å². The van der Waals surface area contributed by atoms with Crippen LogP contribution in [0.5, 0.6) is 0 Å². The molecule has 0 fully saturated rings. The number of nitrogens with one attached hydrogen (secondary N) is 1. The molecule has 0 aromatic carbocycles. The molecule has 1 rings (SSSR count). The largest absolute Gasteiger partial charge is 0.453 e. The van der Waals surface area contributed by atoms with Crippen LogP contribution >= 0.6 is 0 Å². The first kappa shape index (κ1) is 19.2. The smallest absolute Gasteiger partial charge is 0.295 e. The van der Waals surface area contributed by atoms with Gasteiger partial charge in [0, 0.05) is 13.1 Å². The van der Waals surface area contributed by atoms with Gasteiger partial charge < -0.3 is 9.64 Å². The summed E-state index contributed by atoms with van der Waals surface area (Å²) in [6, 6.07) is 1.51. The Morgan fingerprint density at radius 3 is 2.62 bits per heavy atom. The highest BCUT2D eigenvalue weighted by atomic mass is 16.5. The van der Waals surface area contributed by atoms with Crippen LogP contribution in [0, 0.1) is 0 Å². The number of likely N-dealkylation sites (N-methyl/N-ethyl adjacent to an activating group) is 1. The van der Waals surface area contributed by atoms with Gasteiger partial charge in [0.2, 0.25) is 0 Å². The second-order valence-electron chi connectivity index (χ2n) is 4.79. The van der Waals surface area contributed by atoms with E-state index in [2.05, 4.69) is 24.8 Å². The van der Waals surface area contributed by atoms with Crippen molar-refractivity contribution in [1.29, 1.82) is 0 Å². The SMILES string of the molecule is C=CC(=C)OC(=C)C(=O)N(CC)Cc1cc(C(=O)NO)nn1CC. The molecular formula is C16H22N4O4. The number of hydroxylamine groups is 1. The van der Waals surface area contributed by atoms with Gasteiger partial charge in [-0.2, -0.15) is 5.10 Å². The molecule has 0 aliphatic rings. The van der Waals surface area contributed by atoms with Crippen LogP contribution in [0.3, 0.4) is 0 Å². The Labute approximate surface area is 140 Å². The van der Waals surface area contributed by atoms with E-state index in [1.807, 2.05) is 13.8 Å². The van der Waals surface area contributed by atoms with Crippen molar-refractivity contribution < 1.29 is 19.5 Å². The summed E-state index contributed by atoms with van der Waals surface area (Å²) in [5, 5.41) is 12.8. The Morgan fingerprint density at radius 1 is 1.46 bits per heavy atom. The third-order valence-corrected chi connectivity index (χ3v) is 3.24. The third-order valence-electron chi connectivity index (χ3n) is 3.24. The van der Waals surface area contributed by atoms with E-state index in [1.54, 1.807) is 4.68 Å². The molecule has 130 valence electrons. The van der Waals surface area contributed by atoms with E-state index in [1.165, 1.54) is 22.5 Å². The zero-order valence-electron chi connectivity index (χ0n) is 13.9. The normalized spacial score (nSPS) is 9.96. The molecule has 0 spiro atoms. The fraction of sp³-hybridized carbons (Fsp3) is 0.312. The van der Waals surface area contributed by atoms with Crippen molar-refractivity contribution in [3.63, 3.8) is 0 Å². The fourth-order valence-electron chi connectivity index (χ4n) is 1.97. The van der Waals surface area contributed by atoms with Crippen molar-refractivity contribution in [3.8, 4) is 0 Å². The number of carbonyl (C=O) groups excluding carboxylic acids is 2. The summed E-state index contributed by atoms with van der Waals surface area (Å²) in [5.74, 6) is -0.965. The van der Waals surface area contributed by atoms with E-state index < -0.39 is 11.8 Å². The first-order valence-corrected chi connectivity index (χ1v) is 7.36. The monoisotopic (exact) mass is 334 g/mol. The van der Waals surface area contributed by atoms with E-state index in [-0.39, 0.29) is 23.8 Å². The molecule has 0 atom stereocenters. The maximum Gasteiger partial charge on any atom is 0.295 e. The summed E-state index contributed by atoms with van der Waals surface area (Å²) in [6.45, 7) is 15.4. The number of allylic oxidation sites excluding steroid dienone is 1. The van der Waals surface area contributed by atoms with Crippen LogP contribution in [0.4, 0.5) is 0 Å². The lowest BCUT2D eigenvalue weighted by molar-refractivity contribution is -0.130. The molecule has 2 N–H and O–H groups in total. The highest BCUT2D eigenvalue weighted by Gasteiger charge is 2.21. The molecule has 8 nitrogen and oxygen atoms in total. The van der Waals surface area contributed by atoms with Crippen molar-refractivity contribution in [1.82, 2.24) is 20.2 Å². The zero-order chi connectivity index (χ0) is 18.3. The minimum Gasteiger partial charge on any atom is -0.453 e. The average Bonchev–Trinajstić information content (AvgIpc) is 3.00. The van der Waals surface area contributed by atoms with E-state index in [4.69, 9.17) is 9.94 Å². The first-order valence-electron chi connectivity index (χ1n) is 7.36. The highest BCUT2D eigenvalue weighted by molar-refractivity contribution is 5.92. The van der Waals surface area contributed by atoms with Crippen molar-refractivity contribution in [2.45, 2.75) is 26.9 Å². The molecule has 24 heavy (non-hydrogen) atoms. The maximum atomic E-state index is 12.4. The third kappa shape index (κ3) is 4.56. The molecule has 1 heterocycles. The fourth-order valence-corrected chi connectivity index (χ4v) is 1.97. The van der Waals surface area contributed by atoms with E-state index in [0.29, 0.717) is 18.8 Å². The van der Waals surface area contributed by atoms with Gasteiger partial charge in [0.05, 0.1) is 12.2 Å². The lowest BCUT2D eigenvalue weighted by Gasteiger charge is -2.22. The molecule has 0 radical (unpaired) electrons. The predicted octanol–water partition coefficient (Wildman–Crippen LogP) is 1.60. The summed E-state index contributed by atoms with van der Waals surface area (Å²) in [6.07, 6.45) is 1.38. The molecule has 1 aromatic heterocycles. The molecule has 8 heteroatoms. The lowest BCUT2D eigenvalue weighted by atomic mass is 10.3. The van der Waals surface area contributed by atoms with Crippen LogP contribution < -0.4 is 5.48 Å².